The minimum absolute atomic E-state index is 0.232. The van der Waals surface area contributed by atoms with Crippen LogP contribution in [0.4, 0.5) is 0 Å². The Morgan fingerprint density at radius 2 is 2.18 bits per heavy atom. The number of halogens is 1. The largest absolute Gasteiger partial charge is 0.493 e. The molecule has 0 aromatic heterocycles. The van der Waals surface area contributed by atoms with Crippen molar-refractivity contribution in [2.45, 2.75) is 26.7 Å². The van der Waals surface area contributed by atoms with Crippen molar-refractivity contribution in [3.8, 4) is 11.5 Å². The van der Waals surface area contributed by atoms with Crippen molar-refractivity contribution in [2.75, 3.05) is 13.7 Å². The van der Waals surface area contributed by atoms with E-state index in [1.807, 2.05) is 0 Å². The summed E-state index contributed by atoms with van der Waals surface area (Å²) < 4.78 is 15.9. The molecule has 118 valence electrons. The molecule has 1 aliphatic rings. The number of methoxy groups -OCH3 is 1. The standard InChI is InChI=1S/C16H18ClNO4/c1-4-5-6-21-15-12(17)7-11(9-14(15)20-3)8-13-16(19)22-10(2)18-13/h7-9H,4-6H2,1-3H3/b13-8-. The van der Waals surface area contributed by atoms with Gasteiger partial charge in [-0.1, -0.05) is 24.9 Å². The fraction of sp³-hybridized carbons (Fsp3) is 0.375. The Kier molecular flexibility index (Phi) is 5.44. The van der Waals surface area contributed by atoms with Crippen LogP contribution in [0.25, 0.3) is 6.08 Å². The van der Waals surface area contributed by atoms with E-state index in [0.29, 0.717) is 34.6 Å². The number of hydrogen-bond acceptors (Lipinski definition) is 5. The van der Waals surface area contributed by atoms with Gasteiger partial charge in [-0.05, 0) is 30.2 Å². The second-order valence-corrected chi connectivity index (χ2v) is 5.19. The number of benzene rings is 1. The van der Waals surface area contributed by atoms with Crippen LogP contribution in [-0.4, -0.2) is 25.6 Å². The molecule has 0 bridgehead atoms. The molecule has 1 aliphatic heterocycles. The monoisotopic (exact) mass is 323 g/mol. The number of carbonyl (C=O) groups excluding carboxylic acids is 1. The first-order valence-corrected chi connectivity index (χ1v) is 7.42. The highest BCUT2D eigenvalue weighted by atomic mass is 35.5. The van der Waals surface area contributed by atoms with Gasteiger partial charge in [0.2, 0.25) is 0 Å². The van der Waals surface area contributed by atoms with Crippen LogP contribution in [-0.2, 0) is 9.53 Å². The van der Waals surface area contributed by atoms with Crippen molar-refractivity contribution < 1.29 is 19.0 Å². The molecule has 1 heterocycles. The van der Waals surface area contributed by atoms with Crippen LogP contribution in [0.3, 0.4) is 0 Å². The molecule has 6 heteroatoms. The van der Waals surface area contributed by atoms with Crippen LogP contribution in [0.1, 0.15) is 32.3 Å². The second kappa shape index (κ2) is 7.31. The van der Waals surface area contributed by atoms with Gasteiger partial charge in [0.05, 0.1) is 18.7 Å². The number of ether oxygens (including phenoxy) is 3. The first-order valence-electron chi connectivity index (χ1n) is 7.04. The average Bonchev–Trinajstić information content (AvgIpc) is 2.78. The normalized spacial score (nSPS) is 15.7. The molecule has 1 aromatic rings. The van der Waals surface area contributed by atoms with Gasteiger partial charge >= 0.3 is 5.97 Å². The Morgan fingerprint density at radius 3 is 2.77 bits per heavy atom. The molecule has 0 radical (unpaired) electrons. The molecule has 0 amide bonds. The summed E-state index contributed by atoms with van der Waals surface area (Å²) in [6.45, 7) is 4.28. The van der Waals surface area contributed by atoms with Crippen molar-refractivity contribution in [3.63, 3.8) is 0 Å². The highest BCUT2D eigenvalue weighted by Crippen LogP contribution is 2.37. The first-order chi connectivity index (χ1) is 10.5. The third kappa shape index (κ3) is 3.80. The number of aliphatic imine (C=N–C) groups is 1. The van der Waals surface area contributed by atoms with Gasteiger partial charge in [0, 0.05) is 6.92 Å². The third-order valence-electron chi connectivity index (χ3n) is 3.03. The maximum Gasteiger partial charge on any atom is 0.363 e. The van der Waals surface area contributed by atoms with E-state index in [1.165, 1.54) is 0 Å². The molecule has 22 heavy (non-hydrogen) atoms. The highest BCUT2D eigenvalue weighted by molar-refractivity contribution is 6.32. The topological polar surface area (TPSA) is 57.1 Å². The SMILES string of the molecule is CCCCOc1c(Cl)cc(/C=C2\N=C(C)OC2=O)cc1OC. The Hall–Kier alpha value is -2.01. The van der Waals surface area contributed by atoms with Crippen molar-refractivity contribution in [2.24, 2.45) is 4.99 Å². The van der Waals surface area contributed by atoms with Crippen molar-refractivity contribution >= 4 is 29.5 Å². The number of esters is 1. The van der Waals surface area contributed by atoms with E-state index in [9.17, 15) is 4.79 Å². The highest BCUT2D eigenvalue weighted by Gasteiger charge is 2.20. The lowest BCUT2D eigenvalue weighted by atomic mass is 10.1. The van der Waals surface area contributed by atoms with Crippen molar-refractivity contribution in [1.82, 2.24) is 0 Å². The zero-order chi connectivity index (χ0) is 16.1. The van der Waals surface area contributed by atoms with E-state index in [2.05, 4.69) is 11.9 Å². The smallest absolute Gasteiger partial charge is 0.363 e. The summed E-state index contributed by atoms with van der Waals surface area (Å²) in [5.74, 6) is 0.876. The minimum Gasteiger partial charge on any atom is -0.493 e. The minimum atomic E-state index is -0.476. The van der Waals surface area contributed by atoms with Gasteiger partial charge in [0.25, 0.3) is 0 Å². The van der Waals surface area contributed by atoms with E-state index >= 15 is 0 Å². The molecule has 1 aromatic carbocycles. The third-order valence-corrected chi connectivity index (χ3v) is 3.31. The summed E-state index contributed by atoms with van der Waals surface area (Å²) in [5, 5.41) is 0.425. The number of hydrogen-bond donors (Lipinski definition) is 0. The maximum absolute atomic E-state index is 11.6. The van der Waals surface area contributed by atoms with Gasteiger partial charge in [0.1, 0.15) is 0 Å². The molecular weight excluding hydrogens is 306 g/mol. The van der Waals surface area contributed by atoms with Gasteiger partial charge in [-0.25, -0.2) is 9.79 Å². The second-order valence-electron chi connectivity index (χ2n) is 4.79. The molecule has 0 spiro atoms. The molecule has 0 atom stereocenters. The molecular formula is C16H18ClNO4. The number of rotatable bonds is 6. The Balaban J connectivity index is 2.30. The number of carbonyl (C=O) groups is 1. The summed E-state index contributed by atoms with van der Waals surface area (Å²) in [5.41, 5.74) is 0.922. The Labute approximate surface area is 134 Å². The van der Waals surface area contributed by atoms with E-state index in [4.69, 9.17) is 25.8 Å². The van der Waals surface area contributed by atoms with Crippen LogP contribution in [0.15, 0.2) is 22.8 Å². The molecule has 0 saturated heterocycles. The van der Waals surface area contributed by atoms with E-state index < -0.39 is 5.97 Å². The van der Waals surface area contributed by atoms with Crippen LogP contribution in [0.2, 0.25) is 5.02 Å². The van der Waals surface area contributed by atoms with Gasteiger partial charge < -0.3 is 14.2 Å². The molecule has 5 nitrogen and oxygen atoms in total. The summed E-state index contributed by atoms with van der Waals surface area (Å²) in [4.78, 5) is 15.6. The van der Waals surface area contributed by atoms with E-state index in [0.717, 1.165) is 12.8 Å². The Morgan fingerprint density at radius 1 is 1.41 bits per heavy atom. The summed E-state index contributed by atoms with van der Waals surface area (Å²) in [6, 6.07) is 3.45. The average molecular weight is 324 g/mol. The molecule has 0 N–H and O–H groups in total. The van der Waals surface area contributed by atoms with Crippen LogP contribution < -0.4 is 9.47 Å². The number of nitrogens with zero attached hydrogens (tertiary/aromatic N) is 1. The quantitative estimate of drug-likeness (QED) is 0.453. The zero-order valence-electron chi connectivity index (χ0n) is 12.8. The number of unbranched alkanes of at least 4 members (excludes halogenated alkanes) is 1. The summed E-state index contributed by atoms with van der Waals surface area (Å²) >= 11 is 6.26. The predicted octanol–water partition coefficient (Wildman–Crippen LogP) is 3.84. The van der Waals surface area contributed by atoms with Gasteiger partial charge in [-0.15, -0.1) is 0 Å². The Bertz CT molecular complexity index is 637. The molecule has 2 rings (SSSR count). The predicted molar refractivity (Wildman–Crippen MR) is 85.6 cm³/mol. The molecule has 0 fully saturated rings. The van der Waals surface area contributed by atoms with Gasteiger partial charge in [0.15, 0.2) is 23.1 Å². The first kappa shape index (κ1) is 16.4. The van der Waals surface area contributed by atoms with Crippen molar-refractivity contribution in [1.29, 1.82) is 0 Å². The number of cyclic esters (lactones) is 1. The molecule has 0 unspecified atom stereocenters. The summed E-state index contributed by atoms with van der Waals surface area (Å²) in [6.07, 6.45) is 3.57. The van der Waals surface area contributed by atoms with Crippen molar-refractivity contribution in [3.05, 3.63) is 28.4 Å². The fourth-order valence-electron chi connectivity index (χ4n) is 1.96. The lowest BCUT2D eigenvalue weighted by Gasteiger charge is -2.13. The van der Waals surface area contributed by atoms with Crippen LogP contribution >= 0.6 is 11.6 Å². The lowest BCUT2D eigenvalue weighted by molar-refractivity contribution is -0.130. The van der Waals surface area contributed by atoms with E-state index in [1.54, 1.807) is 32.2 Å². The van der Waals surface area contributed by atoms with Gasteiger partial charge in [-0.3, -0.25) is 0 Å². The van der Waals surface area contributed by atoms with E-state index in [-0.39, 0.29) is 5.70 Å². The van der Waals surface area contributed by atoms with Crippen LogP contribution in [0, 0.1) is 0 Å². The lowest BCUT2D eigenvalue weighted by Crippen LogP contribution is -2.01. The maximum atomic E-state index is 11.6. The zero-order valence-corrected chi connectivity index (χ0v) is 13.6. The van der Waals surface area contributed by atoms with Gasteiger partial charge in [-0.2, -0.15) is 0 Å². The fourth-order valence-corrected chi connectivity index (χ4v) is 2.23. The molecule has 0 saturated carbocycles. The molecule has 0 aliphatic carbocycles. The summed E-state index contributed by atoms with van der Waals surface area (Å²) in [7, 11) is 1.54. The van der Waals surface area contributed by atoms with Crippen LogP contribution in [0.5, 0.6) is 11.5 Å².